The number of para-hydroxylation sites is 1. The first-order valence-electron chi connectivity index (χ1n) is 9.81. The predicted octanol–water partition coefficient (Wildman–Crippen LogP) is 4.71. The minimum Gasteiger partial charge on any atom is -0.378 e. The smallest absolute Gasteiger partial charge is 0.269 e. The highest BCUT2D eigenvalue weighted by Crippen LogP contribution is 2.20. The van der Waals surface area contributed by atoms with Gasteiger partial charge in [0.05, 0.1) is 0 Å². The largest absolute Gasteiger partial charge is 0.378 e. The van der Waals surface area contributed by atoms with E-state index in [1.807, 2.05) is 42.6 Å². The van der Waals surface area contributed by atoms with Crippen molar-refractivity contribution in [2.45, 2.75) is 19.4 Å². The third kappa shape index (κ3) is 4.46. The van der Waals surface area contributed by atoms with Crippen LogP contribution in [-0.2, 0) is 6.42 Å². The van der Waals surface area contributed by atoms with E-state index in [4.69, 9.17) is 0 Å². The molecular weight excluding hydrogens is 360 g/mol. The molecule has 0 aliphatic heterocycles. The van der Waals surface area contributed by atoms with E-state index < -0.39 is 0 Å². The van der Waals surface area contributed by atoms with Crippen molar-refractivity contribution in [3.63, 3.8) is 0 Å². The van der Waals surface area contributed by atoms with Gasteiger partial charge in [0.15, 0.2) is 0 Å². The summed E-state index contributed by atoms with van der Waals surface area (Å²) in [5.41, 5.74) is 4.78. The first-order valence-corrected chi connectivity index (χ1v) is 9.81. The number of benzene rings is 2. The third-order valence-corrected chi connectivity index (χ3v) is 5.03. The number of fused-ring (bicyclic) bond motifs is 1. The summed E-state index contributed by atoms with van der Waals surface area (Å²) in [6.45, 7) is 2.65. The number of hydrogen-bond donors (Lipinski definition) is 3. The Labute approximate surface area is 170 Å². The molecule has 2 aromatic heterocycles. The minimum atomic E-state index is -0.166. The quantitative estimate of drug-likeness (QED) is 0.432. The molecule has 2 heterocycles. The Morgan fingerprint density at radius 1 is 1.07 bits per heavy atom. The van der Waals surface area contributed by atoms with Crippen LogP contribution in [0.25, 0.3) is 10.9 Å². The second kappa shape index (κ2) is 8.61. The average Bonchev–Trinajstić information content (AvgIpc) is 3.18. The molecule has 0 saturated heterocycles. The van der Waals surface area contributed by atoms with E-state index in [2.05, 4.69) is 51.8 Å². The van der Waals surface area contributed by atoms with Crippen molar-refractivity contribution in [2.24, 2.45) is 0 Å². The fourth-order valence-corrected chi connectivity index (χ4v) is 3.46. The third-order valence-electron chi connectivity index (χ3n) is 5.03. The number of carbonyl (C=O) groups excluding carboxylic acids is 1. The molecule has 1 atom stereocenters. The van der Waals surface area contributed by atoms with Crippen LogP contribution in [0.15, 0.2) is 79.1 Å². The lowest BCUT2D eigenvalue weighted by Gasteiger charge is -2.16. The van der Waals surface area contributed by atoms with Gasteiger partial charge in [0.1, 0.15) is 5.69 Å². The van der Waals surface area contributed by atoms with Crippen molar-refractivity contribution in [2.75, 3.05) is 11.9 Å². The van der Waals surface area contributed by atoms with Gasteiger partial charge in [-0.2, -0.15) is 0 Å². The summed E-state index contributed by atoms with van der Waals surface area (Å²) >= 11 is 0. The number of nitrogens with zero attached hydrogens (tertiary/aromatic N) is 1. The van der Waals surface area contributed by atoms with Gasteiger partial charge in [-0.1, -0.05) is 48.5 Å². The zero-order valence-corrected chi connectivity index (χ0v) is 16.4. The van der Waals surface area contributed by atoms with Crippen molar-refractivity contribution in [1.82, 2.24) is 15.3 Å². The second-order valence-electron chi connectivity index (χ2n) is 7.07. The Kier molecular flexibility index (Phi) is 5.56. The molecule has 0 fully saturated rings. The number of nitrogens with one attached hydrogen (secondary N) is 3. The first kappa shape index (κ1) is 18.7. The molecule has 0 saturated carbocycles. The molecule has 0 aliphatic carbocycles. The van der Waals surface area contributed by atoms with E-state index in [1.165, 1.54) is 16.5 Å². The molecule has 0 radical (unpaired) electrons. The van der Waals surface area contributed by atoms with Crippen LogP contribution in [0.2, 0.25) is 0 Å². The van der Waals surface area contributed by atoms with Crippen LogP contribution in [0.1, 0.15) is 34.6 Å². The van der Waals surface area contributed by atoms with E-state index in [0.29, 0.717) is 12.2 Å². The SMILES string of the molecule is CC(Nc1ccnc(C(=O)NCCc2c[nH]c3ccccc23)c1)c1ccccc1. The first-order chi connectivity index (χ1) is 14.2. The summed E-state index contributed by atoms with van der Waals surface area (Å²) < 4.78 is 0. The number of anilines is 1. The molecule has 5 nitrogen and oxygen atoms in total. The topological polar surface area (TPSA) is 69.8 Å². The van der Waals surface area contributed by atoms with Crippen LogP contribution in [0, 0.1) is 0 Å². The van der Waals surface area contributed by atoms with E-state index in [0.717, 1.165) is 17.6 Å². The molecule has 146 valence electrons. The highest BCUT2D eigenvalue weighted by Gasteiger charge is 2.10. The molecule has 1 amide bonds. The molecule has 4 rings (SSSR count). The maximum absolute atomic E-state index is 12.5. The number of rotatable bonds is 7. The molecule has 3 N–H and O–H groups in total. The number of carbonyl (C=O) groups is 1. The van der Waals surface area contributed by atoms with Crippen molar-refractivity contribution in [3.05, 3.63) is 95.9 Å². The van der Waals surface area contributed by atoms with E-state index >= 15 is 0 Å². The summed E-state index contributed by atoms with van der Waals surface area (Å²) in [7, 11) is 0. The maximum Gasteiger partial charge on any atom is 0.269 e. The molecule has 2 aromatic carbocycles. The molecule has 0 spiro atoms. The molecular formula is C24H24N4O. The van der Waals surface area contributed by atoms with Crippen molar-refractivity contribution in [1.29, 1.82) is 0 Å². The normalized spacial score (nSPS) is 11.9. The highest BCUT2D eigenvalue weighted by molar-refractivity contribution is 5.93. The summed E-state index contributed by atoms with van der Waals surface area (Å²) in [4.78, 5) is 20.0. The molecule has 0 bridgehead atoms. The maximum atomic E-state index is 12.5. The molecule has 29 heavy (non-hydrogen) atoms. The van der Waals surface area contributed by atoms with Gasteiger partial charge in [-0.15, -0.1) is 0 Å². The van der Waals surface area contributed by atoms with E-state index in [1.54, 1.807) is 12.3 Å². The number of hydrogen-bond acceptors (Lipinski definition) is 3. The molecule has 1 unspecified atom stereocenters. The Morgan fingerprint density at radius 2 is 1.86 bits per heavy atom. The van der Waals surface area contributed by atoms with Gasteiger partial charge in [0.2, 0.25) is 0 Å². The zero-order valence-electron chi connectivity index (χ0n) is 16.4. The Balaban J connectivity index is 1.36. The van der Waals surface area contributed by atoms with Gasteiger partial charge in [-0.3, -0.25) is 9.78 Å². The van der Waals surface area contributed by atoms with Crippen LogP contribution in [0.3, 0.4) is 0 Å². The van der Waals surface area contributed by atoms with Gasteiger partial charge in [0.25, 0.3) is 5.91 Å². The van der Waals surface area contributed by atoms with Gasteiger partial charge in [-0.25, -0.2) is 0 Å². The fraction of sp³-hybridized carbons (Fsp3) is 0.167. The predicted molar refractivity (Wildman–Crippen MR) is 117 cm³/mol. The Morgan fingerprint density at radius 3 is 2.72 bits per heavy atom. The fourth-order valence-electron chi connectivity index (χ4n) is 3.46. The summed E-state index contributed by atoms with van der Waals surface area (Å²) in [6, 6.07) is 22.2. The number of H-pyrrole nitrogens is 1. The minimum absolute atomic E-state index is 0.136. The lowest BCUT2D eigenvalue weighted by Crippen LogP contribution is -2.26. The Hall–Kier alpha value is -3.60. The van der Waals surface area contributed by atoms with Crippen LogP contribution < -0.4 is 10.6 Å². The van der Waals surface area contributed by atoms with Crippen LogP contribution in [-0.4, -0.2) is 22.4 Å². The Bertz CT molecular complexity index is 1100. The average molecular weight is 384 g/mol. The van der Waals surface area contributed by atoms with Gasteiger partial charge >= 0.3 is 0 Å². The standard InChI is InChI=1S/C24H24N4O/c1-17(18-7-3-2-4-8-18)28-20-12-14-25-23(15-20)24(29)26-13-11-19-16-27-22-10-6-5-9-21(19)22/h2-10,12,14-17,27H,11,13H2,1H3,(H,25,28)(H,26,29). The zero-order chi connectivity index (χ0) is 20.1. The molecule has 0 aliphatic rings. The van der Waals surface area contributed by atoms with Crippen molar-refractivity contribution >= 4 is 22.5 Å². The van der Waals surface area contributed by atoms with Crippen molar-refractivity contribution in [3.8, 4) is 0 Å². The van der Waals surface area contributed by atoms with E-state index in [-0.39, 0.29) is 11.9 Å². The van der Waals surface area contributed by atoms with Crippen LogP contribution in [0.5, 0.6) is 0 Å². The van der Waals surface area contributed by atoms with Crippen LogP contribution >= 0.6 is 0 Å². The van der Waals surface area contributed by atoms with Gasteiger partial charge in [0, 0.05) is 41.6 Å². The summed E-state index contributed by atoms with van der Waals surface area (Å²) in [5, 5.41) is 7.59. The second-order valence-corrected chi connectivity index (χ2v) is 7.07. The highest BCUT2D eigenvalue weighted by atomic mass is 16.1. The molecule has 5 heteroatoms. The monoisotopic (exact) mass is 384 g/mol. The summed E-state index contributed by atoms with van der Waals surface area (Å²) in [5.74, 6) is -0.166. The molecule has 4 aromatic rings. The number of aromatic nitrogens is 2. The number of amides is 1. The van der Waals surface area contributed by atoms with Gasteiger partial charge in [-0.05, 0) is 42.7 Å². The van der Waals surface area contributed by atoms with Crippen molar-refractivity contribution < 1.29 is 4.79 Å². The number of pyridine rings is 1. The lowest BCUT2D eigenvalue weighted by molar-refractivity contribution is 0.0949. The number of aromatic amines is 1. The van der Waals surface area contributed by atoms with Gasteiger partial charge < -0.3 is 15.6 Å². The van der Waals surface area contributed by atoms with E-state index in [9.17, 15) is 4.79 Å². The van der Waals surface area contributed by atoms with Crippen LogP contribution in [0.4, 0.5) is 5.69 Å². The summed E-state index contributed by atoms with van der Waals surface area (Å²) in [6.07, 6.45) is 4.43. The lowest BCUT2D eigenvalue weighted by atomic mass is 10.1.